The van der Waals surface area contributed by atoms with Crippen molar-refractivity contribution in [2.75, 3.05) is 0 Å². The number of furan rings is 1. The summed E-state index contributed by atoms with van der Waals surface area (Å²) in [6.45, 7) is 0.501. The first-order valence-corrected chi connectivity index (χ1v) is 5.54. The van der Waals surface area contributed by atoms with Crippen molar-refractivity contribution in [3.63, 3.8) is 0 Å². The lowest BCUT2D eigenvalue weighted by molar-refractivity contribution is -0.0000127. The van der Waals surface area contributed by atoms with Crippen LogP contribution in [0.2, 0.25) is 0 Å². The second kappa shape index (κ2) is 5.27. The second-order valence-corrected chi connectivity index (χ2v) is 4.01. The van der Waals surface area contributed by atoms with E-state index in [2.05, 4.69) is 5.43 Å². The number of fused-ring (bicyclic) bond motifs is 1. The fraction of sp³-hybridized carbons (Fsp3) is 0.0769. The molecule has 2 N–H and O–H groups in total. The molecule has 0 aliphatic carbocycles. The summed E-state index contributed by atoms with van der Waals surface area (Å²) in [5.41, 5.74) is 4.53. The standard InChI is InChI=1S/C13H11N3O2.BrH/c14-12-10-5-2-1-4-9(10)8-16(12)15-13(17)11-6-3-7-18-11;/h1-7,14H,8H2,(H,15,17);1H/p-1. The van der Waals surface area contributed by atoms with Gasteiger partial charge in [0.1, 0.15) is 5.84 Å². The number of rotatable bonds is 2. The largest absolute Gasteiger partial charge is 1.00 e. The molecular formula is C13H11BrN3O2-. The molecule has 1 amide bonds. The Hall–Kier alpha value is -2.08. The molecule has 3 rings (SSSR count). The number of halogens is 1. The molecular weight excluding hydrogens is 310 g/mol. The van der Waals surface area contributed by atoms with Crippen molar-refractivity contribution < 1.29 is 26.2 Å². The van der Waals surface area contributed by atoms with Crippen molar-refractivity contribution in [2.45, 2.75) is 6.54 Å². The van der Waals surface area contributed by atoms with Gasteiger partial charge in [0, 0.05) is 5.56 Å². The second-order valence-electron chi connectivity index (χ2n) is 4.01. The van der Waals surface area contributed by atoms with Crippen LogP contribution >= 0.6 is 0 Å². The molecule has 0 saturated carbocycles. The summed E-state index contributed by atoms with van der Waals surface area (Å²) in [6, 6.07) is 10.9. The fourth-order valence-electron chi connectivity index (χ4n) is 1.96. The van der Waals surface area contributed by atoms with Gasteiger partial charge < -0.3 is 21.4 Å². The van der Waals surface area contributed by atoms with E-state index in [9.17, 15) is 4.79 Å². The van der Waals surface area contributed by atoms with Crippen LogP contribution in [0.25, 0.3) is 0 Å². The lowest BCUT2D eigenvalue weighted by Gasteiger charge is -2.17. The van der Waals surface area contributed by atoms with E-state index in [1.54, 1.807) is 12.1 Å². The van der Waals surface area contributed by atoms with Gasteiger partial charge in [-0.25, -0.2) is 0 Å². The Morgan fingerprint density at radius 2 is 2.05 bits per heavy atom. The molecule has 1 aliphatic rings. The van der Waals surface area contributed by atoms with Crippen molar-refractivity contribution in [3.8, 4) is 0 Å². The number of benzene rings is 1. The summed E-state index contributed by atoms with van der Waals surface area (Å²) in [6.07, 6.45) is 1.44. The summed E-state index contributed by atoms with van der Waals surface area (Å²) in [7, 11) is 0. The Morgan fingerprint density at radius 1 is 1.26 bits per heavy atom. The number of hydrogen-bond acceptors (Lipinski definition) is 3. The molecule has 19 heavy (non-hydrogen) atoms. The summed E-state index contributed by atoms with van der Waals surface area (Å²) < 4.78 is 5.01. The zero-order chi connectivity index (χ0) is 12.5. The van der Waals surface area contributed by atoms with Crippen molar-refractivity contribution in [1.82, 2.24) is 10.4 Å². The minimum atomic E-state index is -0.349. The highest BCUT2D eigenvalue weighted by molar-refractivity contribution is 6.02. The zero-order valence-electron chi connectivity index (χ0n) is 9.89. The number of nitrogens with one attached hydrogen (secondary N) is 2. The van der Waals surface area contributed by atoms with Crippen LogP contribution in [0.3, 0.4) is 0 Å². The van der Waals surface area contributed by atoms with Crippen LogP contribution in [0.15, 0.2) is 47.1 Å². The molecule has 0 radical (unpaired) electrons. The van der Waals surface area contributed by atoms with Crippen molar-refractivity contribution in [2.24, 2.45) is 0 Å². The van der Waals surface area contributed by atoms with Crippen LogP contribution in [0.1, 0.15) is 21.7 Å². The molecule has 5 nitrogen and oxygen atoms in total. The molecule has 6 heteroatoms. The van der Waals surface area contributed by atoms with Gasteiger partial charge in [-0.15, -0.1) is 0 Å². The van der Waals surface area contributed by atoms with E-state index in [1.807, 2.05) is 24.3 Å². The average Bonchev–Trinajstić information content (AvgIpc) is 3.00. The Labute approximate surface area is 120 Å². The highest BCUT2D eigenvalue weighted by Gasteiger charge is 2.25. The van der Waals surface area contributed by atoms with Crippen molar-refractivity contribution >= 4 is 11.7 Å². The van der Waals surface area contributed by atoms with Crippen LogP contribution in [0.4, 0.5) is 0 Å². The molecule has 2 aromatic rings. The van der Waals surface area contributed by atoms with Gasteiger partial charge in [-0.1, -0.05) is 24.3 Å². The van der Waals surface area contributed by atoms with Crippen LogP contribution in [0, 0.1) is 5.41 Å². The number of carbonyl (C=O) groups is 1. The Balaban J connectivity index is 0.00000133. The molecule has 1 aromatic heterocycles. The van der Waals surface area contributed by atoms with Gasteiger partial charge in [0.2, 0.25) is 0 Å². The third kappa shape index (κ3) is 2.39. The minimum absolute atomic E-state index is 0. The molecule has 0 spiro atoms. The van der Waals surface area contributed by atoms with Crippen LogP contribution in [0.5, 0.6) is 0 Å². The van der Waals surface area contributed by atoms with E-state index in [0.717, 1.165) is 11.1 Å². The Morgan fingerprint density at radius 3 is 2.74 bits per heavy atom. The molecule has 0 fully saturated rings. The van der Waals surface area contributed by atoms with Crippen LogP contribution < -0.4 is 22.4 Å². The van der Waals surface area contributed by atoms with E-state index < -0.39 is 0 Å². The number of hydrogen-bond donors (Lipinski definition) is 2. The third-order valence-corrected chi connectivity index (χ3v) is 2.85. The number of amidine groups is 1. The Kier molecular flexibility index (Phi) is 3.71. The first-order valence-electron chi connectivity index (χ1n) is 5.54. The maximum absolute atomic E-state index is 11.8. The number of carbonyl (C=O) groups excluding carboxylic acids is 1. The van der Waals surface area contributed by atoms with Gasteiger partial charge in [-0.2, -0.15) is 0 Å². The molecule has 0 unspecified atom stereocenters. The fourth-order valence-corrected chi connectivity index (χ4v) is 1.96. The predicted octanol–water partition coefficient (Wildman–Crippen LogP) is -1.23. The summed E-state index contributed by atoms with van der Waals surface area (Å²) in [5, 5.41) is 9.50. The maximum Gasteiger partial charge on any atom is 0.305 e. The van der Waals surface area contributed by atoms with Gasteiger partial charge in [-0.05, 0) is 17.7 Å². The summed E-state index contributed by atoms with van der Waals surface area (Å²) >= 11 is 0. The number of hydrazine groups is 1. The normalized spacial score (nSPS) is 12.8. The first-order chi connectivity index (χ1) is 8.75. The molecule has 2 heterocycles. The number of nitrogens with zero attached hydrogens (tertiary/aromatic N) is 1. The quantitative estimate of drug-likeness (QED) is 0.728. The van der Waals surface area contributed by atoms with Crippen LogP contribution in [-0.2, 0) is 6.54 Å². The highest BCUT2D eigenvalue weighted by atomic mass is 79.9. The van der Waals surface area contributed by atoms with E-state index >= 15 is 0 Å². The highest BCUT2D eigenvalue weighted by Crippen LogP contribution is 2.20. The summed E-state index contributed by atoms with van der Waals surface area (Å²) in [4.78, 5) is 11.8. The Bertz CT molecular complexity index is 610. The van der Waals surface area contributed by atoms with Gasteiger partial charge in [0.15, 0.2) is 5.76 Å². The topological polar surface area (TPSA) is 69.3 Å². The van der Waals surface area contributed by atoms with E-state index in [0.29, 0.717) is 12.4 Å². The van der Waals surface area contributed by atoms with Crippen molar-refractivity contribution in [3.05, 3.63) is 59.5 Å². The summed E-state index contributed by atoms with van der Waals surface area (Å²) in [5.74, 6) is 0.182. The van der Waals surface area contributed by atoms with Gasteiger partial charge in [0.05, 0.1) is 12.8 Å². The molecule has 0 saturated heterocycles. The van der Waals surface area contributed by atoms with Gasteiger partial charge in [-0.3, -0.25) is 20.6 Å². The minimum Gasteiger partial charge on any atom is -1.00 e. The molecule has 1 aromatic carbocycles. The lowest BCUT2D eigenvalue weighted by Crippen LogP contribution is -3.00. The number of amides is 1. The third-order valence-electron chi connectivity index (χ3n) is 2.85. The predicted molar refractivity (Wildman–Crippen MR) is 65.0 cm³/mol. The molecule has 98 valence electrons. The SMILES string of the molecule is N=C1c2ccccc2CN1NC(=O)c1ccco1.[Br-]. The van der Waals surface area contributed by atoms with Crippen LogP contribution in [-0.4, -0.2) is 16.8 Å². The van der Waals surface area contributed by atoms with Gasteiger partial charge in [0.25, 0.3) is 0 Å². The molecule has 1 aliphatic heterocycles. The van der Waals surface area contributed by atoms with Gasteiger partial charge >= 0.3 is 5.91 Å². The zero-order valence-corrected chi connectivity index (χ0v) is 11.5. The van der Waals surface area contributed by atoms with Crippen molar-refractivity contribution in [1.29, 1.82) is 5.41 Å². The van der Waals surface area contributed by atoms with E-state index in [1.165, 1.54) is 11.3 Å². The molecule has 0 atom stereocenters. The average molecular weight is 321 g/mol. The maximum atomic E-state index is 11.8. The first kappa shape index (κ1) is 13.4. The smallest absolute Gasteiger partial charge is 0.305 e. The lowest BCUT2D eigenvalue weighted by atomic mass is 10.1. The monoisotopic (exact) mass is 320 g/mol. The van der Waals surface area contributed by atoms with E-state index in [-0.39, 0.29) is 28.6 Å². The molecule has 0 bridgehead atoms. The van der Waals surface area contributed by atoms with E-state index in [4.69, 9.17) is 9.83 Å².